The molecule has 0 saturated carbocycles. The van der Waals surface area contributed by atoms with Crippen molar-refractivity contribution in [1.82, 2.24) is 19.3 Å². The van der Waals surface area contributed by atoms with E-state index in [1.165, 1.54) is 22.6 Å². The minimum Gasteiger partial charge on any atom is -0.480 e. The lowest BCUT2D eigenvalue weighted by molar-refractivity contribution is -0.140. The molecule has 0 unspecified atom stereocenters. The summed E-state index contributed by atoms with van der Waals surface area (Å²) >= 11 is 0. The molecule has 10 nitrogen and oxygen atoms in total. The number of hydrogen-bond acceptors (Lipinski definition) is 6. The number of rotatable bonds is 9. The molecule has 1 saturated heterocycles. The fourth-order valence-electron chi connectivity index (χ4n) is 4.35. The fraction of sp³-hybridized carbons (Fsp3) is 0.300. The number of pyridine rings is 1. The molecule has 43 heavy (non-hydrogen) atoms. The molecular weight excluding hydrogens is 580 g/mol. The molecule has 1 atom stereocenters. The van der Waals surface area contributed by atoms with Crippen molar-refractivity contribution in [2.75, 3.05) is 31.1 Å². The third-order valence-electron chi connectivity index (χ3n) is 6.80. The van der Waals surface area contributed by atoms with E-state index < -0.39 is 45.7 Å². The third-order valence-corrected chi connectivity index (χ3v) is 8.40. The highest BCUT2D eigenvalue weighted by molar-refractivity contribution is 7.87. The van der Waals surface area contributed by atoms with Gasteiger partial charge in [0.05, 0.1) is 0 Å². The van der Waals surface area contributed by atoms with E-state index in [0.717, 1.165) is 23.4 Å². The number of halogens is 2. The molecule has 1 aliphatic rings. The van der Waals surface area contributed by atoms with Crippen LogP contribution in [0.3, 0.4) is 0 Å². The highest BCUT2D eigenvalue weighted by Gasteiger charge is 2.33. The molecule has 1 amide bonds. The Morgan fingerprint density at radius 3 is 2.26 bits per heavy atom. The van der Waals surface area contributed by atoms with E-state index >= 15 is 0 Å². The Kier molecular flexibility index (Phi) is 10.1. The maximum absolute atomic E-state index is 13.4. The van der Waals surface area contributed by atoms with E-state index in [9.17, 15) is 31.9 Å². The summed E-state index contributed by atoms with van der Waals surface area (Å²) in [7, 11) is -3.94. The number of carboxylic acids is 1. The third kappa shape index (κ3) is 8.35. The zero-order chi connectivity index (χ0) is 31.1. The second-order valence-electron chi connectivity index (χ2n) is 10.2. The summed E-state index contributed by atoms with van der Waals surface area (Å²) in [5.41, 5.74) is 2.72. The first-order chi connectivity index (χ1) is 20.4. The van der Waals surface area contributed by atoms with E-state index in [-0.39, 0.29) is 25.3 Å². The Hall–Kier alpha value is -4.38. The highest BCUT2D eigenvalue weighted by Crippen LogP contribution is 2.19. The number of nitrogens with one attached hydrogen (secondary N) is 2. The zero-order valence-corrected chi connectivity index (χ0v) is 24.4. The molecule has 2 heterocycles. The van der Waals surface area contributed by atoms with Gasteiger partial charge in [0, 0.05) is 55.7 Å². The van der Waals surface area contributed by atoms with Gasteiger partial charge in [0.25, 0.3) is 16.1 Å². The average molecular weight is 612 g/mol. The number of amides is 1. The minimum atomic E-state index is -3.94. The average Bonchev–Trinajstić information content (AvgIpc) is 2.99. The molecular formula is C30H31F2N5O5S. The molecule has 0 spiro atoms. The predicted molar refractivity (Wildman–Crippen MR) is 156 cm³/mol. The summed E-state index contributed by atoms with van der Waals surface area (Å²) < 4.78 is 55.5. The summed E-state index contributed by atoms with van der Waals surface area (Å²) in [6, 6.07) is 12.8. The Morgan fingerprint density at radius 2 is 1.63 bits per heavy atom. The van der Waals surface area contributed by atoms with E-state index in [1.54, 1.807) is 19.9 Å². The van der Waals surface area contributed by atoms with Gasteiger partial charge in [-0.3, -0.25) is 14.6 Å². The predicted octanol–water partition coefficient (Wildman–Crippen LogP) is 2.76. The van der Waals surface area contributed by atoms with Gasteiger partial charge in [0.1, 0.15) is 11.7 Å². The number of carbonyl (C=O) groups excluding carboxylic acids is 1. The lowest BCUT2D eigenvalue weighted by Crippen LogP contribution is -2.55. The van der Waals surface area contributed by atoms with Crippen LogP contribution in [0.4, 0.5) is 14.5 Å². The van der Waals surface area contributed by atoms with Gasteiger partial charge < -0.3 is 15.3 Å². The summed E-state index contributed by atoms with van der Waals surface area (Å²) in [5.74, 6) is 1.99. The Bertz CT molecular complexity index is 1650. The van der Waals surface area contributed by atoms with Crippen molar-refractivity contribution in [3.8, 4) is 11.8 Å². The van der Waals surface area contributed by atoms with Crippen molar-refractivity contribution in [3.63, 3.8) is 0 Å². The number of hydrogen-bond donors (Lipinski definition) is 3. The summed E-state index contributed by atoms with van der Waals surface area (Å²) in [5, 5.41) is 11.9. The van der Waals surface area contributed by atoms with Gasteiger partial charge >= 0.3 is 5.97 Å². The smallest absolute Gasteiger partial charge is 0.322 e. The number of carboxylic acid groups (broad SMARTS) is 1. The first-order valence-corrected chi connectivity index (χ1v) is 14.9. The lowest BCUT2D eigenvalue weighted by Gasteiger charge is -2.36. The molecule has 4 rings (SSSR count). The number of aromatic nitrogens is 1. The lowest BCUT2D eigenvalue weighted by atomic mass is 10.1. The number of carbonyl (C=O) groups is 2. The molecule has 2 aromatic carbocycles. The van der Waals surface area contributed by atoms with Crippen LogP contribution >= 0.6 is 0 Å². The van der Waals surface area contributed by atoms with Gasteiger partial charge in [-0.15, -0.1) is 0 Å². The van der Waals surface area contributed by atoms with Crippen molar-refractivity contribution in [2.45, 2.75) is 26.4 Å². The largest absolute Gasteiger partial charge is 0.480 e. The van der Waals surface area contributed by atoms with Gasteiger partial charge in [-0.2, -0.15) is 17.4 Å². The second-order valence-corrected chi connectivity index (χ2v) is 11.9. The number of piperazine rings is 1. The van der Waals surface area contributed by atoms with Crippen molar-refractivity contribution >= 4 is 27.8 Å². The van der Waals surface area contributed by atoms with Crippen LogP contribution in [0.5, 0.6) is 0 Å². The molecule has 0 bridgehead atoms. The van der Waals surface area contributed by atoms with Crippen LogP contribution in [0.15, 0.2) is 60.8 Å². The molecule has 226 valence electrons. The Morgan fingerprint density at radius 1 is 0.953 bits per heavy atom. The van der Waals surface area contributed by atoms with Crippen LogP contribution in [0.1, 0.15) is 41.0 Å². The van der Waals surface area contributed by atoms with Crippen LogP contribution < -0.4 is 14.9 Å². The van der Waals surface area contributed by atoms with Gasteiger partial charge in [0.15, 0.2) is 11.6 Å². The van der Waals surface area contributed by atoms with E-state index in [0.29, 0.717) is 24.2 Å². The van der Waals surface area contributed by atoms with Crippen LogP contribution in [0.25, 0.3) is 0 Å². The summed E-state index contributed by atoms with van der Waals surface area (Å²) in [6.07, 6.45) is 1.46. The first kappa shape index (κ1) is 31.6. The maximum atomic E-state index is 13.4. The Balaban J connectivity index is 1.32. The number of nitrogens with zero attached hydrogens (tertiary/aromatic N) is 3. The summed E-state index contributed by atoms with van der Waals surface area (Å²) in [4.78, 5) is 30.0. The van der Waals surface area contributed by atoms with Crippen LogP contribution in [-0.2, 0) is 21.5 Å². The SMILES string of the molecule is CC(C)[C@@H](NS(=O)(=O)N1CCN(c2ccc(C#Cc3ccnc(C(=O)NCc4ccc(F)c(F)c4)c3)cc2)CC1)C(=O)O. The zero-order valence-electron chi connectivity index (χ0n) is 23.5. The molecule has 3 aromatic rings. The second kappa shape index (κ2) is 13.7. The van der Waals surface area contributed by atoms with E-state index in [2.05, 4.69) is 26.9 Å². The highest BCUT2D eigenvalue weighted by atomic mass is 32.2. The quantitative estimate of drug-likeness (QED) is 0.317. The van der Waals surface area contributed by atoms with Gasteiger partial charge in [-0.1, -0.05) is 31.8 Å². The summed E-state index contributed by atoms with van der Waals surface area (Å²) in [6.45, 7) is 4.58. The molecule has 3 N–H and O–H groups in total. The number of anilines is 1. The normalized spacial score (nSPS) is 14.6. The Labute approximate surface area is 248 Å². The van der Waals surface area contributed by atoms with Crippen LogP contribution in [0, 0.1) is 29.4 Å². The molecule has 13 heteroatoms. The van der Waals surface area contributed by atoms with Crippen molar-refractivity contribution in [1.29, 1.82) is 0 Å². The van der Waals surface area contributed by atoms with Gasteiger partial charge in [-0.25, -0.2) is 8.78 Å². The van der Waals surface area contributed by atoms with Gasteiger partial charge in [0.2, 0.25) is 0 Å². The number of benzene rings is 2. The first-order valence-electron chi connectivity index (χ1n) is 13.5. The van der Waals surface area contributed by atoms with Crippen LogP contribution in [0.2, 0.25) is 0 Å². The van der Waals surface area contributed by atoms with E-state index in [1.807, 2.05) is 29.2 Å². The molecule has 1 fully saturated rings. The van der Waals surface area contributed by atoms with Crippen molar-refractivity contribution in [2.24, 2.45) is 5.92 Å². The van der Waals surface area contributed by atoms with Crippen molar-refractivity contribution in [3.05, 3.63) is 94.8 Å². The van der Waals surface area contributed by atoms with Gasteiger partial charge in [-0.05, 0) is 60.0 Å². The fourth-order valence-corrected chi connectivity index (χ4v) is 5.84. The monoisotopic (exact) mass is 611 g/mol. The molecule has 1 aliphatic heterocycles. The molecule has 0 radical (unpaired) electrons. The van der Waals surface area contributed by atoms with Crippen molar-refractivity contribution < 1.29 is 31.9 Å². The van der Waals surface area contributed by atoms with E-state index in [4.69, 9.17) is 0 Å². The molecule has 0 aliphatic carbocycles. The van der Waals surface area contributed by atoms with Crippen LogP contribution in [-0.4, -0.2) is 66.9 Å². The maximum Gasteiger partial charge on any atom is 0.322 e. The standard InChI is InChI=1S/C30H31F2N5O5S/c1-20(2)28(30(39)40)35-43(41,42)37-15-13-36(14-16-37)24-8-5-21(6-9-24)3-4-22-11-12-33-27(18-22)29(38)34-19-23-7-10-25(31)26(32)17-23/h5-12,17-18,20,28,35H,13-16,19H2,1-2H3,(H,34,38)(H,39,40)/t28-/m1/s1. The minimum absolute atomic E-state index is 0.00500. The number of aliphatic carboxylic acids is 1. The topological polar surface area (TPSA) is 132 Å². The molecule has 1 aromatic heterocycles.